The monoisotopic (exact) mass is 412 g/mol. The normalized spacial score (nSPS) is 11.0. The zero-order valence-electron chi connectivity index (χ0n) is 15.3. The van der Waals surface area contributed by atoms with Crippen LogP contribution in [0.5, 0.6) is 5.88 Å². The third-order valence-corrected chi connectivity index (χ3v) is 5.04. The van der Waals surface area contributed by atoms with Crippen LogP contribution >= 0.6 is 23.8 Å². The molecule has 0 unspecified atom stereocenters. The largest absolute Gasteiger partial charge is 0.472 e. The maximum absolute atomic E-state index is 5.95. The van der Waals surface area contributed by atoms with Crippen molar-refractivity contribution in [1.82, 2.24) is 29.6 Å². The van der Waals surface area contributed by atoms with Gasteiger partial charge >= 0.3 is 0 Å². The van der Waals surface area contributed by atoms with Crippen molar-refractivity contribution in [3.63, 3.8) is 0 Å². The topological polar surface area (TPSA) is 62.7 Å². The van der Waals surface area contributed by atoms with E-state index in [1.807, 2.05) is 61.7 Å². The maximum atomic E-state index is 5.95. The maximum Gasteiger partial charge on any atom is 0.233 e. The molecule has 2 heterocycles. The van der Waals surface area contributed by atoms with Crippen molar-refractivity contribution in [2.24, 2.45) is 7.05 Å². The lowest BCUT2D eigenvalue weighted by Gasteiger charge is -2.12. The Bertz CT molecular complexity index is 1180. The van der Waals surface area contributed by atoms with E-state index in [-0.39, 0.29) is 0 Å². The number of hydrogen-bond acceptors (Lipinski definition) is 5. The lowest BCUT2D eigenvalue weighted by molar-refractivity contribution is 0.290. The molecule has 0 aliphatic carbocycles. The highest BCUT2D eigenvalue weighted by molar-refractivity contribution is 7.71. The molecule has 0 saturated heterocycles. The molecule has 0 aliphatic heterocycles. The molecule has 0 atom stereocenters. The Labute approximate surface area is 171 Å². The molecule has 9 heteroatoms. The quantitative estimate of drug-likeness (QED) is 0.462. The fourth-order valence-electron chi connectivity index (χ4n) is 2.81. The number of nitrogens with zero attached hydrogens (tertiary/aromatic N) is 6. The van der Waals surface area contributed by atoms with Gasteiger partial charge in [0.15, 0.2) is 0 Å². The van der Waals surface area contributed by atoms with Gasteiger partial charge in [-0.1, -0.05) is 23.7 Å². The van der Waals surface area contributed by atoms with E-state index >= 15 is 0 Å². The van der Waals surface area contributed by atoms with Gasteiger partial charge in [-0.25, -0.2) is 9.36 Å². The highest BCUT2D eigenvalue weighted by atomic mass is 35.5. The number of aryl methyl sites for hydroxylation is 2. The molecule has 28 heavy (non-hydrogen) atoms. The van der Waals surface area contributed by atoms with E-state index in [1.165, 1.54) is 0 Å². The summed E-state index contributed by atoms with van der Waals surface area (Å²) in [5.74, 6) is 0.520. The summed E-state index contributed by atoms with van der Waals surface area (Å²) in [6.45, 7) is 2.35. The molecule has 0 spiro atoms. The molecule has 4 rings (SSSR count). The third-order valence-electron chi connectivity index (χ3n) is 4.36. The molecule has 0 N–H and O–H groups in total. The molecule has 142 valence electrons. The summed E-state index contributed by atoms with van der Waals surface area (Å²) < 4.78 is 11.4. The number of hydrogen-bond donors (Lipinski definition) is 0. The number of halogens is 1. The van der Waals surface area contributed by atoms with Crippen LogP contribution in [0.1, 0.15) is 11.1 Å². The number of rotatable bonds is 5. The Kier molecular flexibility index (Phi) is 4.97. The van der Waals surface area contributed by atoms with Gasteiger partial charge in [0.1, 0.15) is 6.61 Å². The Balaban J connectivity index is 1.58. The summed E-state index contributed by atoms with van der Waals surface area (Å²) in [7, 11) is 1.77. The van der Waals surface area contributed by atoms with Crippen molar-refractivity contribution in [3.05, 3.63) is 75.6 Å². The fourth-order valence-corrected chi connectivity index (χ4v) is 3.10. The van der Waals surface area contributed by atoms with Gasteiger partial charge in [-0.15, -0.1) is 5.10 Å². The van der Waals surface area contributed by atoms with Crippen LogP contribution in [0.15, 0.2) is 54.7 Å². The molecule has 2 aromatic heterocycles. The molecule has 0 saturated carbocycles. The first kappa shape index (κ1) is 18.4. The zero-order valence-corrected chi connectivity index (χ0v) is 16.9. The van der Waals surface area contributed by atoms with Gasteiger partial charge < -0.3 is 4.74 Å². The summed E-state index contributed by atoms with van der Waals surface area (Å²) >= 11 is 11.3. The molecule has 0 amide bonds. The Hall–Kier alpha value is -2.97. The smallest absolute Gasteiger partial charge is 0.233 e. The second-order valence-corrected chi connectivity index (χ2v) is 7.03. The number of benzene rings is 2. The molecule has 0 aliphatic rings. The number of tetrazole rings is 1. The van der Waals surface area contributed by atoms with Gasteiger partial charge in [-0.05, 0) is 65.5 Å². The van der Waals surface area contributed by atoms with Gasteiger partial charge in [0.05, 0.1) is 11.4 Å². The number of ether oxygens (including phenoxy) is 1. The summed E-state index contributed by atoms with van der Waals surface area (Å²) in [6, 6.07) is 15.2. The first-order chi connectivity index (χ1) is 13.5. The second kappa shape index (κ2) is 7.57. The van der Waals surface area contributed by atoms with E-state index < -0.39 is 0 Å². The molecule has 2 aromatic carbocycles. The molecular formula is C19H17ClN6OS. The fraction of sp³-hybridized carbons (Fsp3) is 0.158. The molecule has 0 fully saturated rings. The lowest BCUT2D eigenvalue weighted by atomic mass is 10.1. The molecule has 4 aromatic rings. The summed E-state index contributed by atoms with van der Waals surface area (Å²) in [5.41, 5.74) is 3.79. The van der Waals surface area contributed by atoms with E-state index in [1.54, 1.807) is 21.1 Å². The van der Waals surface area contributed by atoms with E-state index in [9.17, 15) is 0 Å². The minimum Gasteiger partial charge on any atom is -0.472 e. The summed E-state index contributed by atoms with van der Waals surface area (Å²) in [6.07, 6.45) is 1.84. The summed E-state index contributed by atoms with van der Waals surface area (Å²) in [5, 5.41) is 13.3. The summed E-state index contributed by atoms with van der Waals surface area (Å²) in [4.78, 5) is 0. The minimum absolute atomic E-state index is 0.331. The van der Waals surface area contributed by atoms with E-state index in [4.69, 9.17) is 28.6 Å². The van der Waals surface area contributed by atoms with Gasteiger partial charge in [0.2, 0.25) is 10.7 Å². The van der Waals surface area contributed by atoms with Gasteiger partial charge in [-0.2, -0.15) is 4.68 Å². The Morgan fingerprint density at radius 1 is 1.07 bits per heavy atom. The van der Waals surface area contributed by atoms with E-state index in [0.29, 0.717) is 22.3 Å². The highest BCUT2D eigenvalue weighted by Gasteiger charge is 2.13. The van der Waals surface area contributed by atoms with Crippen LogP contribution in [-0.2, 0) is 13.7 Å². The van der Waals surface area contributed by atoms with Gasteiger partial charge in [-0.3, -0.25) is 0 Å². The van der Waals surface area contributed by atoms with E-state index in [0.717, 1.165) is 22.5 Å². The van der Waals surface area contributed by atoms with Gasteiger partial charge in [0.25, 0.3) is 0 Å². The predicted molar refractivity (Wildman–Crippen MR) is 109 cm³/mol. The van der Waals surface area contributed by atoms with E-state index in [2.05, 4.69) is 15.5 Å². The van der Waals surface area contributed by atoms with Gasteiger partial charge in [0, 0.05) is 29.9 Å². The average Bonchev–Trinajstić information content (AvgIpc) is 3.29. The van der Waals surface area contributed by atoms with Crippen molar-refractivity contribution < 1.29 is 4.74 Å². The molecule has 0 radical (unpaired) electrons. The number of aromatic nitrogens is 6. The molecule has 7 nitrogen and oxygen atoms in total. The van der Waals surface area contributed by atoms with Crippen molar-refractivity contribution in [2.75, 3.05) is 0 Å². The van der Waals surface area contributed by atoms with Crippen LogP contribution in [-0.4, -0.2) is 29.6 Å². The van der Waals surface area contributed by atoms with Crippen molar-refractivity contribution in [2.45, 2.75) is 13.5 Å². The third kappa shape index (κ3) is 3.56. The minimum atomic E-state index is 0.331. The lowest BCUT2D eigenvalue weighted by Crippen LogP contribution is -2.07. The van der Waals surface area contributed by atoms with Crippen LogP contribution < -0.4 is 4.74 Å². The van der Waals surface area contributed by atoms with Crippen LogP contribution in [0.2, 0.25) is 5.02 Å². The molecular weight excluding hydrogens is 396 g/mol. The van der Waals surface area contributed by atoms with Crippen molar-refractivity contribution in [1.29, 1.82) is 0 Å². The zero-order chi connectivity index (χ0) is 19.7. The van der Waals surface area contributed by atoms with Crippen molar-refractivity contribution >= 4 is 23.8 Å². The van der Waals surface area contributed by atoms with Crippen LogP contribution in [0.25, 0.3) is 11.4 Å². The first-order valence-electron chi connectivity index (χ1n) is 8.55. The van der Waals surface area contributed by atoms with Crippen molar-refractivity contribution in [3.8, 4) is 17.3 Å². The Morgan fingerprint density at radius 2 is 1.86 bits per heavy atom. The first-order valence-corrected chi connectivity index (χ1v) is 9.34. The predicted octanol–water partition coefficient (Wildman–Crippen LogP) is 4.06. The average molecular weight is 413 g/mol. The highest BCUT2D eigenvalue weighted by Crippen LogP contribution is 2.21. The van der Waals surface area contributed by atoms with Crippen LogP contribution in [0, 0.1) is 11.7 Å². The Morgan fingerprint density at radius 3 is 2.57 bits per heavy atom. The van der Waals surface area contributed by atoms with Crippen LogP contribution in [0.4, 0.5) is 0 Å². The van der Waals surface area contributed by atoms with Crippen LogP contribution in [0.3, 0.4) is 0 Å². The standard InChI is InChI=1S/C19H17ClN6OS/c1-13-4-3-5-17(26-19(28)24(2)22-23-26)16(13)12-27-18-10-11-25(21-18)15-8-6-14(20)7-9-15/h3-11H,12H2,1-2H3. The second-order valence-electron chi connectivity index (χ2n) is 6.23. The molecule has 0 bridgehead atoms. The SMILES string of the molecule is Cc1cccc(-n2nnn(C)c2=S)c1COc1ccn(-c2ccc(Cl)cc2)n1.